The molecule has 2 rings (SSSR count). The highest BCUT2D eigenvalue weighted by atomic mass is 35.5. The summed E-state index contributed by atoms with van der Waals surface area (Å²) in [4.78, 5) is 4.13. The first-order valence-electron chi connectivity index (χ1n) is 6.72. The maximum atomic E-state index is 6.19. The van der Waals surface area contributed by atoms with Gasteiger partial charge in [-0.2, -0.15) is 0 Å². The van der Waals surface area contributed by atoms with Crippen LogP contribution < -0.4 is 5.32 Å². The Morgan fingerprint density at radius 3 is 2.68 bits per heavy atom. The molecule has 100 valence electrons. The van der Waals surface area contributed by atoms with Crippen LogP contribution in [0.5, 0.6) is 0 Å². The predicted molar refractivity (Wildman–Crippen MR) is 81.6 cm³/mol. The van der Waals surface area contributed by atoms with Crippen LogP contribution >= 0.6 is 11.6 Å². The molecule has 0 amide bonds. The van der Waals surface area contributed by atoms with Crippen molar-refractivity contribution in [2.45, 2.75) is 32.2 Å². The number of pyridine rings is 1. The van der Waals surface area contributed by atoms with Crippen LogP contribution in [0.3, 0.4) is 0 Å². The Hall–Kier alpha value is -1.54. The third-order valence-electron chi connectivity index (χ3n) is 3.15. The van der Waals surface area contributed by atoms with E-state index < -0.39 is 0 Å². The molecule has 3 heteroatoms. The van der Waals surface area contributed by atoms with Crippen molar-refractivity contribution in [2.75, 3.05) is 5.32 Å². The number of halogens is 1. The summed E-state index contributed by atoms with van der Waals surface area (Å²) in [6, 6.07) is 12.6. The average molecular weight is 275 g/mol. The fourth-order valence-electron chi connectivity index (χ4n) is 2.09. The van der Waals surface area contributed by atoms with Gasteiger partial charge in [0.2, 0.25) is 0 Å². The summed E-state index contributed by atoms with van der Waals surface area (Å²) in [5, 5.41) is 4.22. The quantitative estimate of drug-likeness (QED) is 0.795. The Morgan fingerprint density at radius 1 is 1.21 bits per heavy atom. The average Bonchev–Trinajstić information content (AvgIpc) is 2.46. The second-order valence-corrected chi connectivity index (χ2v) is 5.01. The van der Waals surface area contributed by atoms with E-state index in [-0.39, 0.29) is 6.04 Å². The number of unbranched alkanes of at least 4 members (excludes halogenated alkanes) is 1. The van der Waals surface area contributed by atoms with Crippen molar-refractivity contribution < 1.29 is 0 Å². The normalized spacial score (nSPS) is 12.1. The van der Waals surface area contributed by atoms with Gasteiger partial charge in [0, 0.05) is 6.20 Å². The Morgan fingerprint density at radius 2 is 2.00 bits per heavy atom. The zero-order chi connectivity index (χ0) is 13.5. The van der Waals surface area contributed by atoms with Crippen molar-refractivity contribution >= 4 is 17.3 Å². The number of aromatic nitrogens is 1. The van der Waals surface area contributed by atoms with E-state index >= 15 is 0 Å². The molecule has 19 heavy (non-hydrogen) atoms. The molecule has 0 aliphatic heterocycles. The van der Waals surface area contributed by atoms with Gasteiger partial charge in [-0.3, -0.25) is 4.98 Å². The van der Waals surface area contributed by atoms with Crippen LogP contribution in [0.1, 0.15) is 37.8 Å². The fourth-order valence-corrected chi connectivity index (χ4v) is 2.25. The first-order chi connectivity index (χ1) is 9.31. The molecule has 2 aromatic rings. The second-order valence-electron chi connectivity index (χ2n) is 4.61. The molecule has 0 aliphatic rings. The molecule has 0 aliphatic carbocycles. The summed E-state index contributed by atoms with van der Waals surface area (Å²) >= 11 is 6.19. The summed E-state index contributed by atoms with van der Waals surface area (Å²) < 4.78 is 0. The maximum absolute atomic E-state index is 6.19. The van der Waals surface area contributed by atoms with Crippen LogP contribution in [0.15, 0.2) is 48.8 Å². The van der Waals surface area contributed by atoms with Crippen molar-refractivity contribution in [3.63, 3.8) is 0 Å². The SMILES string of the molecule is CCCCC(Nc1cnccc1Cl)c1ccccc1. The largest absolute Gasteiger partial charge is 0.376 e. The minimum Gasteiger partial charge on any atom is -0.376 e. The third-order valence-corrected chi connectivity index (χ3v) is 3.48. The molecule has 0 saturated carbocycles. The zero-order valence-electron chi connectivity index (χ0n) is 11.1. The van der Waals surface area contributed by atoms with Crippen LogP contribution in [-0.4, -0.2) is 4.98 Å². The highest BCUT2D eigenvalue weighted by molar-refractivity contribution is 6.33. The predicted octanol–water partition coefficient (Wildman–Crippen LogP) is 5.08. The maximum Gasteiger partial charge on any atom is 0.0720 e. The Kier molecular flexibility index (Phi) is 5.22. The van der Waals surface area contributed by atoms with Crippen molar-refractivity contribution in [1.82, 2.24) is 4.98 Å². The smallest absolute Gasteiger partial charge is 0.0720 e. The number of nitrogens with zero attached hydrogens (tertiary/aromatic N) is 1. The van der Waals surface area contributed by atoms with Gasteiger partial charge in [0.25, 0.3) is 0 Å². The van der Waals surface area contributed by atoms with E-state index in [0.717, 1.165) is 12.1 Å². The fraction of sp³-hybridized carbons (Fsp3) is 0.312. The van der Waals surface area contributed by atoms with Crippen LogP contribution in [0.25, 0.3) is 0 Å². The molecule has 0 bridgehead atoms. The van der Waals surface area contributed by atoms with Gasteiger partial charge in [0.05, 0.1) is 22.9 Å². The molecule has 1 aromatic heterocycles. The topological polar surface area (TPSA) is 24.9 Å². The number of hydrogen-bond acceptors (Lipinski definition) is 2. The van der Waals surface area contributed by atoms with Crippen LogP contribution in [-0.2, 0) is 0 Å². The molecule has 1 atom stereocenters. The monoisotopic (exact) mass is 274 g/mol. The molecule has 0 spiro atoms. The van der Waals surface area contributed by atoms with Gasteiger partial charge in [0.15, 0.2) is 0 Å². The molecule has 0 saturated heterocycles. The first-order valence-corrected chi connectivity index (χ1v) is 7.10. The van der Waals surface area contributed by atoms with E-state index in [4.69, 9.17) is 11.6 Å². The van der Waals surface area contributed by atoms with Crippen LogP contribution in [0.4, 0.5) is 5.69 Å². The van der Waals surface area contributed by atoms with Gasteiger partial charge >= 0.3 is 0 Å². The number of nitrogens with one attached hydrogen (secondary N) is 1. The lowest BCUT2D eigenvalue weighted by Crippen LogP contribution is -2.11. The highest BCUT2D eigenvalue weighted by Crippen LogP contribution is 2.28. The summed E-state index contributed by atoms with van der Waals surface area (Å²) in [5.41, 5.74) is 2.19. The summed E-state index contributed by atoms with van der Waals surface area (Å²) in [7, 11) is 0. The third kappa shape index (κ3) is 3.97. The van der Waals surface area contributed by atoms with Crippen LogP contribution in [0, 0.1) is 0 Å². The summed E-state index contributed by atoms with van der Waals surface area (Å²) in [5.74, 6) is 0. The van der Waals surface area contributed by atoms with Gasteiger partial charge in [-0.25, -0.2) is 0 Å². The second kappa shape index (κ2) is 7.15. The number of benzene rings is 1. The minimum atomic E-state index is 0.280. The van der Waals surface area contributed by atoms with Gasteiger partial charge in [0.1, 0.15) is 0 Å². The van der Waals surface area contributed by atoms with Crippen LogP contribution in [0.2, 0.25) is 5.02 Å². The van der Waals surface area contributed by atoms with Crippen molar-refractivity contribution in [1.29, 1.82) is 0 Å². The van der Waals surface area contributed by atoms with Gasteiger partial charge < -0.3 is 5.32 Å². The molecule has 0 fully saturated rings. The molecule has 1 unspecified atom stereocenters. The summed E-state index contributed by atoms with van der Waals surface area (Å²) in [6.45, 7) is 2.21. The van der Waals surface area contributed by atoms with Gasteiger partial charge in [-0.15, -0.1) is 0 Å². The van der Waals surface area contributed by atoms with Gasteiger partial charge in [-0.1, -0.05) is 61.7 Å². The van der Waals surface area contributed by atoms with E-state index in [1.54, 1.807) is 12.4 Å². The van der Waals surface area contributed by atoms with E-state index in [1.165, 1.54) is 18.4 Å². The molecule has 1 heterocycles. The standard InChI is InChI=1S/C16H19ClN2/c1-2-3-9-15(13-7-5-4-6-8-13)19-16-12-18-11-10-14(16)17/h4-8,10-12,15,19H,2-3,9H2,1H3. The lowest BCUT2D eigenvalue weighted by molar-refractivity contribution is 0.634. The number of rotatable bonds is 6. The minimum absolute atomic E-state index is 0.280. The molecule has 2 nitrogen and oxygen atoms in total. The molecular weight excluding hydrogens is 256 g/mol. The summed E-state index contributed by atoms with van der Waals surface area (Å²) in [6.07, 6.45) is 6.95. The number of hydrogen-bond donors (Lipinski definition) is 1. The van der Waals surface area contributed by atoms with Crippen molar-refractivity contribution in [3.05, 3.63) is 59.4 Å². The van der Waals surface area contributed by atoms with E-state index in [1.807, 2.05) is 12.1 Å². The molecule has 0 radical (unpaired) electrons. The molecule has 1 aromatic carbocycles. The van der Waals surface area contributed by atoms with Crippen molar-refractivity contribution in [3.8, 4) is 0 Å². The van der Waals surface area contributed by atoms with E-state index in [0.29, 0.717) is 5.02 Å². The number of anilines is 1. The first kappa shape index (κ1) is 13.9. The Labute approximate surface area is 119 Å². The molecule has 1 N–H and O–H groups in total. The lowest BCUT2D eigenvalue weighted by Gasteiger charge is -2.20. The van der Waals surface area contributed by atoms with Gasteiger partial charge in [-0.05, 0) is 18.1 Å². The van der Waals surface area contributed by atoms with E-state index in [2.05, 4.69) is 41.5 Å². The Bertz CT molecular complexity index is 499. The van der Waals surface area contributed by atoms with Crippen molar-refractivity contribution in [2.24, 2.45) is 0 Å². The highest BCUT2D eigenvalue weighted by Gasteiger charge is 2.12. The van der Waals surface area contributed by atoms with E-state index in [9.17, 15) is 0 Å². The molecular formula is C16H19ClN2. The zero-order valence-corrected chi connectivity index (χ0v) is 11.9. The Balaban J connectivity index is 2.17. The lowest BCUT2D eigenvalue weighted by atomic mass is 10.0.